The molecule has 0 radical (unpaired) electrons. The maximum atomic E-state index is 10.7. The van der Waals surface area contributed by atoms with Crippen LogP contribution in [0.1, 0.15) is 36.8 Å². The molecule has 1 aliphatic carbocycles. The van der Waals surface area contributed by atoms with Gasteiger partial charge >= 0.3 is 0 Å². The van der Waals surface area contributed by atoms with Crippen LogP contribution in [0.5, 0.6) is 0 Å². The van der Waals surface area contributed by atoms with Gasteiger partial charge in [0, 0.05) is 23.7 Å². The predicted molar refractivity (Wildman–Crippen MR) is 97.4 cm³/mol. The summed E-state index contributed by atoms with van der Waals surface area (Å²) in [6, 6.07) is 6.22. The first-order valence-corrected chi connectivity index (χ1v) is 8.35. The fourth-order valence-corrected chi connectivity index (χ4v) is 2.82. The number of aliphatic hydroxyl groups excluding tert-OH is 1. The zero-order chi connectivity index (χ0) is 18.5. The maximum Gasteiger partial charge on any atom is 0.269 e. The quantitative estimate of drug-likeness (QED) is 0.438. The Morgan fingerprint density at radius 2 is 1.88 bits per heavy atom. The number of non-ortho nitro benzene ring substituents is 1. The minimum absolute atomic E-state index is 0.0215. The van der Waals surface area contributed by atoms with E-state index in [4.69, 9.17) is 5.73 Å². The average molecular weight is 353 g/mol. The molecule has 134 valence electrons. The summed E-state index contributed by atoms with van der Waals surface area (Å²) < 4.78 is 0. The molecule has 0 spiro atoms. The number of aromatic nitrogens is 2. The number of nitrogen functional groups attached to an aromatic ring is 1. The molecule has 0 bridgehead atoms. The van der Waals surface area contributed by atoms with E-state index in [0.29, 0.717) is 16.9 Å². The topological polar surface area (TPSA) is 127 Å². The number of aliphatic hydroxyl groups is 1. The molecule has 1 aromatic carbocycles. The third-order valence-electron chi connectivity index (χ3n) is 4.26. The number of nitro groups is 1. The highest BCUT2D eigenvalue weighted by molar-refractivity contribution is 5.57. The molecule has 0 unspecified atom stereocenters. The lowest BCUT2D eigenvalue weighted by atomic mass is 9.93. The SMILES string of the molecule is Nc1ncc(C#Cc2ccc([N+](=O)[O-])cc2)c(NC2CCC(O)CC2)n1. The van der Waals surface area contributed by atoms with Crippen LogP contribution in [0.15, 0.2) is 30.5 Å². The lowest BCUT2D eigenvalue weighted by molar-refractivity contribution is -0.384. The molecule has 0 aliphatic heterocycles. The highest BCUT2D eigenvalue weighted by Gasteiger charge is 2.20. The number of nitrogens with two attached hydrogens (primary N) is 1. The van der Waals surface area contributed by atoms with Gasteiger partial charge in [0.25, 0.3) is 5.69 Å². The van der Waals surface area contributed by atoms with Crippen LogP contribution in [-0.2, 0) is 0 Å². The fraction of sp³-hybridized carbons (Fsp3) is 0.333. The van der Waals surface area contributed by atoms with Crippen LogP contribution < -0.4 is 11.1 Å². The smallest absolute Gasteiger partial charge is 0.269 e. The molecule has 1 fully saturated rings. The summed E-state index contributed by atoms with van der Waals surface area (Å²) in [5.41, 5.74) is 6.97. The minimum Gasteiger partial charge on any atom is -0.393 e. The molecule has 1 aliphatic rings. The number of rotatable bonds is 3. The van der Waals surface area contributed by atoms with E-state index in [1.54, 1.807) is 18.3 Å². The van der Waals surface area contributed by atoms with Crippen molar-refractivity contribution in [2.75, 3.05) is 11.1 Å². The largest absolute Gasteiger partial charge is 0.393 e. The Labute approximate surface area is 150 Å². The van der Waals surface area contributed by atoms with Gasteiger partial charge in [-0.25, -0.2) is 4.98 Å². The fourth-order valence-electron chi connectivity index (χ4n) is 2.82. The summed E-state index contributed by atoms with van der Waals surface area (Å²) >= 11 is 0. The van der Waals surface area contributed by atoms with Gasteiger partial charge in [0.15, 0.2) is 0 Å². The zero-order valence-corrected chi connectivity index (χ0v) is 14.1. The second-order valence-electron chi connectivity index (χ2n) is 6.19. The van der Waals surface area contributed by atoms with Crippen LogP contribution >= 0.6 is 0 Å². The average Bonchev–Trinajstić information content (AvgIpc) is 2.63. The van der Waals surface area contributed by atoms with Crippen LogP contribution in [0.25, 0.3) is 0 Å². The molecule has 1 saturated carbocycles. The van der Waals surface area contributed by atoms with Crippen LogP contribution in [-0.4, -0.2) is 32.1 Å². The predicted octanol–water partition coefficient (Wildman–Crippen LogP) is 2.08. The third kappa shape index (κ3) is 4.46. The van der Waals surface area contributed by atoms with Gasteiger partial charge < -0.3 is 16.2 Å². The van der Waals surface area contributed by atoms with Crippen molar-refractivity contribution in [1.82, 2.24) is 9.97 Å². The van der Waals surface area contributed by atoms with E-state index in [0.717, 1.165) is 25.7 Å². The van der Waals surface area contributed by atoms with E-state index in [9.17, 15) is 15.2 Å². The zero-order valence-electron chi connectivity index (χ0n) is 14.1. The number of nitrogens with one attached hydrogen (secondary N) is 1. The van der Waals surface area contributed by atoms with Crippen LogP contribution in [0.4, 0.5) is 17.5 Å². The Hall–Kier alpha value is -3.18. The van der Waals surface area contributed by atoms with Crippen molar-refractivity contribution in [1.29, 1.82) is 0 Å². The maximum absolute atomic E-state index is 10.7. The summed E-state index contributed by atoms with van der Waals surface area (Å²) in [6.07, 6.45) is 4.52. The summed E-state index contributed by atoms with van der Waals surface area (Å²) in [5, 5.41) is 23.6. The Morgan fingerprint density at radius 1 is 1.19 bits per heavy atom. The first-order valence-electron chi connectivity index (χ1n) is 8.35. The van der Waals surface area contributed by atoms with Crippen molar-refractivity contribution in [3.05, 3.63) is 51.7 Å². The van der Waals surface area contributed by atoms with E-state index in [-0.39, 0.29) is 23.8 Å². The van der Waals surface area contributed by atoms with Crippen molar-refractivity contribution in [2.45, 2.75) is 37.8 Å². The van der Waals surface area contributed by atoms with Gasteiger partial charge in [-0.1, -0.05) is 11.8 Å². The molecule has 3 rings (SSSR count). The van der Waals surface area contributed by atoms with Gasteiger partial charge in [0.2, 0.25) is 5.95 Å². The van der Waals surface area contributed by atoms with Crippen molar-refractivity contribution in [3.8, 4) is 11.8 Å². The highest BCUT2D eigenvalue weighted by Crippen LogP contribution is 2.23. The number of hydrogen-bond donors (Lipinski definition) is 3. The molecule has 8 heteroatoms. The first-order chi connectivity index (χ1) is 12.5. The van der Waals surface area contributed by atoms with Gasteiger partial charge in [-0.2, -0.15) is 4.98 Å². The summed E-state index contributed by atoms with van der Waals surface area (Å²) in [5.74, 6) is 6.67. The molecule has 1 aromatic heterocycles. The summed E-state index contributed by atoms with van der Waals surface area (Å²) in [7, 11) is 0. The number of benzene rings is 1. The van der Waals surface area contributed by atoms with Gasteiger partial charge in [-0.3, -0.25) is 10.1 Å². The Morgan fingerprint density at radius 3 is 2.54 bits per heavy atom. The van der Waals surface area contributed by atoms with Crippen molar-refractivity contribution < 1.29 is 10.0 Å². The highest BCUT2D eigenvalue weighted by atomic mass is 16.6. The normalized spacial score (nSPS) is 19.3. The second-order valence-corrected chi connectivity index (χ2v) is 6.19. The Bertz CT molecular complexity index is 849. The molecular formula is C18H19N5O3. The van der Waals surface area contributed by atoms with E-state index in [1.165, 1.54) is 12.1 Å². The first kappa shape index (κ1) is 17.6. The minimum atomic E-state index is -0.450. The van der Waals surface area contributed by atoms with Gasteiger partial charge in [0.1, 0.15) is 5.82 Å². The van der Waals surface area contributed by atoms with Crippen molar-refractivity contribution in [3.63, 3.8) is 0 Å². The molecule has 0 saturated heterocycles. The molecule has 2 aromatic rings. The summed E-state index contributed by atoms with van der Waals surface area (Å²) in [4.78, 5) is 18.5. The van der Waals surface area contributed by atoms with E-state index in [1.807, 2.05) is 0 Å². The molecule has 26 heavy (non-hydrogen) atoms. The second kappa shape index (κ2) is 7.80. The van der Waals surface area contributed by atoms with Crippen LogP contribution in [0, 0.1) is 22.0 Å². The third-order valence-corrected chi connectivity index (χ3v) is 4.26. The molecule has 0 amide bonds. The van der Waals surface area contributed by atoms with Crippen LogP contribution in [0.3, 0.4) is 0 Å². The van der Waals surface area contributed by atoms with E-state index < -0.39 is 4.92 Å². The number of nitrogens with zero attached hydrogens (tertiary/aromatic N) is 3. The lowest BCUT2D eigenvalue weighted by Gasteiger charge is -2.26. The van der Waals surface area contributed by atoms with E-state index >= 15 is 0 Å². The van der Waals surface area contributed by atoms with Gasteiger partial charge in [0.05, 0.1) is 22.8 Å². The number of anilines is 2. The lowest BCUT2D eigenvalue weighted by Crippen LogP contribution is -2.29. The standard InChI is InChI=1S/C18H19N5O3/c19-18-20-11-13(4-1-12-2-7-15(8-3-12)23(25)26)17(22-18)21-14-5-9-16(24)10-6-14/h2-3,7-8,11,14,16,24H,5-6,9-10H2,(H3,19,20,21,22). The molecule has 4 N–H and O–H groups in total. The molecule has 1 heterocycles. The Kier molecular flexibility index (Phi) is 5.29. The number of hydrogen-bond acceptors (Lipinski definition) is 7. The van der Waals surface area contributed by atoms with Crippen LogP contribution in [0.2, 0.25) is 0 Å². The molecular weight excluding hydrogens is 334 g/mol. The Balaban J connectivity index is 1.79. The van der Waals surface area contributed by atoms with Crippen molar-refractivity contribution >= 4 is 17.5 Å². The van der Waals surface area contributed by atoms with E-state index in [2.05, 4.69) is 27.1 Å². The molecule has 8 nitrogen and oxygen atoms in total. The van der Waals surface area contributed by atoms with Gasteiger partial charge in [-0.05, 0) is 37.8 Å². The molecule has 0 atom stereocenters. The number of nitro benzene ring substituents is 1. The monoisotopic (exact) mass is 353 g/mol. The summed E-state index contributed by atoms with van der Waals surface area (Å²) in [6.45, 7) is 0. The van der Waals surface area contributed by atoms with Crippen molar-refractivity contribution in [2.24, 2.45) is 0 Å². The van der Waals surface area contributed by atoms with Gasteiger partial charge in [-0.15, -0.1) is 0 Å².